The maximum atomic E-state index is 11.4. The number of hydrogen-bond acceptors (Lipinski definition) is 3. The summed E-state index contributed by atoms with van der Waals surface area (Å²) >= 11 is 17.9. The minimum absolute atomic E-state index is 0.257. The molecule has 0 fully saturated rings. The number of nitrogens with one attached hydrogen (secondary N) is 1. The van der Waals surface area contributed by atoms with Crippen molar-refractivity contribution in [1.29, 1.82) is 0 Å². The summed E-state index contributed by atoms with van der Waals surface area (Å²) < 4.78 is 0. The highest BCUT2D eigenvalue weighted by atomic mass is 35.5. The second-order valence-corrected chi connectivity index (χ2v) is 5.26. The zero-order valence-corrected chi connectivity index (χ0v) is 12.4. The first-order valence-corrected chi connectivity index (χ1v) is 6.63. The van der Waals surface area contributed by atoms with E-state index in [0.717, 1.165) is 0 Å². The molecule has 0 saturated carbocycles. The van der Waals surface area contributed by atoms with E-state index < -0.39 is 5.91 Å². The van der Waals surface area contributed by atoms with Gasteiger partial charge in [0.15, 0.2) is 0 Å². The van der Waals surface area contributed by atoms with Crippen molar-refractivity contribution in [1.82, 2.24) is 0 Å². The minimum atomic E-state index is -0.601. The van der Waals surface area contributed by atoms with Crippen LogP contribution in [0.25, 0.3) is 0 Å². The van der Waals surface area contributed by atoms with E-state index in [1.54, 1.807) is 18.2 Å². The number of halogens is 3. The average Bonchev–Trinajstić information content (AvgIpc) is 2.37. The topological polar surface area (TPSA) is 81.1 Å². The molecule has 0 aromatic heterocycles. The van der Waals surface area contributed by atoms with E-state index >= 15 is 0 Å². The Morgan fingerprint density at radius 3 is 2.25 bits per heavy atom. The van der Waals surface area contributed by atoms with Crippen LogP contribution in [0, 0.1) is 0 Å². The first kappa shape index (κ1) is 14.8. The zero-order chi connectivity index (χ0) is 14.9. The lowest BCUT2D eigenvalue weighted by Crippen LogP contribution is -2.13. The van der Waals surface area contributed by atoms with Crippen LogP contribution in [0.15, 0.2) is 30.3 Å². The zero-order valence-electron chi connectivity index (χ0n) is 10.1. The van der Waals surface area contributed by atoms with Gasteiger partial charge in [0, 0.05) is 5.69 Å². The van der Waals surface area contributed by atoms with Crippen molar-refractivity contribution in [2.45, 2.75) is 0 Å². The van der Waals surface area contributed by atoms with Crippen LogP contribution in [0.2, 0.25) is 15.1 Å². The van der Waals surface area contributed by atoms with E-state index in [1.807, 2.05) is 0 Å². The Morgan fingerprint density at radius 1 is 0.950 bits per heavy atom. The largest absolute Gasteiger partial charge is 0.399 e. The predicted molar refractivity (Wildman–Crippen MR) is 84.1 cm³/mol. The summed E-state index contributed by atoms with van der Waals surface area (Å²) in [5.41, 5.74) is 12.6. The van der Waals surface area contributed by atoms with Gasteiger partial charge in [-0.1, -0.05) is 34.8 Å². The first-order valence-electron chi connectivity index (χ1n) is 5.49. The van der Waals surface area contributed by atoms with Crippen LogP contribution in [-0.2, 0) is 0 Å². The molecule has 5 N–H and O–H groups in total. The molecule has 0 spiro atoms. The number of hydrogen-bond donors (Lipinski definition) is 3. The van der Waals surface area contributed by atoms with Crippen LogP contribution in [-0.4, -0.2) is 5.91 Å². The van der Waals surface area contributed by atoms with E-state index in [1.165, 1.54) is 12.1 Å². The standard InChI is InChI=1S/C13H10Cl3N3O/c14-8-4-10(16)12(5-9(8)15)19-11-2-1-6(17)3-7(11)13(18)20/h1-5,19H,17H2,(H2,18,20). The molecule has 0 unspecified atom stereocenters. The van der Waals surface area contributed by atoms with Crippen molar-refractivity contribution in [3.63, 3.8) is 0 Å². The molecular weight excluding hydrogens is 321 g/mol. The van der Waals surface area contributed by atoms with E-state index in [4.69, 9.17) is 46.3 Å². The van der Waals surface area contributed by atoms with Gasteiger partial charge < -0.3 is 16.8 Å². The number of carbonyl (C=O) groups is 1. The van der Waals surface area contributed by atoms with Gasteiger partial charge in [0.1, 0.15) is 0 Å². The third-order valence-corrected chi connectivity index (χ3v) is 3.62. The number of nitrogen functional groups attached to an aromatic ring is 1. The lowest BCUT2D eigenvalue weighted by Gasteiger charge is -2.13. The maximum absolute atomic E-state index is 11.4. The summed E-state index contributed by atoms with van der Waals surface area (Å²) in [5, 5.41) is 4.04. The first-order chi connectivity index (χ1) is 9.38. The second kappa shape index (κ2) is 5.79. The lowest BCUT2D eigenvalue weighted by atomic mass is 10.1. The smallest absolute Gasteiger partial charge is 0.250 e. The van der Waals surface area contributed by atoms with Gasteiger partial charge in [-0.2, -0.15) is 0 Å². The molecule has 1 amide bonds. The lowest BCUT2D eigenvalue weighted by molar-refractivity contribution is 0.100. The monoisotopic (exact) mass is 329 g/mol. The number of primary amides is 1. The summed E-state index contributed by atoms with van der Waals surface area (Å²) in [7, 11) is 0. The van der Waals surface area contributed by atoms with Gasteiger partial charge in [0.05, 0.1) is 32.0 Å². The summed E-state index contributed by atoms with van der Waals surface area (Å²) in [6, 6.07) is 7.83. The predicted octanol–water partition coefficient (Wildman–Crippen LogP) is 4.07. The van der Waals surface area contributed by atoms with E-state index in [-0.39, 0.29) is 5.56 Å². The van der Waals surface area contributed by atoms with Crippen LogP contribution in [0.1, 0.15) is 10.4 Å². The van der Waals surface area contributed by atoms with E-state index in [9.17, 15) is 4.79 Å². The molecule has 2 aromatic carbocycles. The fourth-order valence-electron chi connectivity index (χ4n) is 1.64. The number of benzene rings is 2. The molecule has 0 aliphatic rings. The maximum Gasteiger partial charge on any atom is 0.250 e. The summed E-state index contributed by atoms with van der Waals surface area (Å²) in [5.74, 6) is -0.601. The third-order valence-electron chi connectivity index (χ3n) is 2.59. The highest BCUT2D eigenvalue weighted by Crippen LogP contribution is 2.34. The van der Waals surface area contributed by atoms with Crippen molar-refractivity contribution < 1.29 is 4.79 Å². The van der Waals surface area contributed by atoms with Crippen LogP contribution in [0.4, 0.5) is 17.1 Å². The van der Waals surface area contributed by atoms with E-state index in [2.05, 4.69) is 5.32 Å². The number of carbonyl (C=O) groups excluding carboxylic acids is 1. The summed E-state index contributed by atoms with van der Waals surface area (Å²) in [4.78, 5) is 11.4. The molecular formula is C13H10Cl3N3O. The van der Waals surface area contributed by atoms with Crippen LogP contribution in [0.3, 0.4) is 0 Å². The summed E-state index contributed by atoms with van der Waals surface area (Å²) in [6.07, 6.45) is 0. The van der Waals surface area contributed by atoms with Crippen molar-refractivity contribution >= 4 is 57.8 Å². The Morgan fingerprint density at radius 2 is 1.60 bits per heavy atom. The molecule has 20 heavy (non-hydrogen) atoms. The van der Waals surface area contributed by atoms with Gasteiger partial charge >= 0.3 is 0 Å². The van der Waals surface area contributed by atoms with Crippen molar-refractivity contribution in [2.75, 3.05) is 11.1 Å². The molecule has 7 heteroatoms. The quantitative estimate of drug-likeness (QED) is 0.586. The number of amides is 1. The minimum Gasteiger partial charge on any atom is -0.399 e. The SMILES string of the molecule is NC(=O)c1cc(N)ccc1Nc1cc(Cl)c(Cl)cc1Cl. The number of rotatable bonds is 3. The molecule has 0 saturated heterocycles. The molecule has 0 aliphatic heterocycles. The molecule has 2 aromatic rings. The highest BCUT2D eigenvalue weighted by Gasteiger charge is 2.12. The Kier molecular flexibility index (Phi) is 4.28. The van der Waals surface area contributed by atoms with Gasteiger partial charge in [-0.15, -0.1) is 0 Å². The third kappa shape index (κ3) is 3.10. The normalized spacial score (nSPS) is 10.3. The molecule has 0 atom stereocenters. The summed E-state index contributed by atoms with van der Waals surface area (Å²) in [6.45, 7) is 0. The average molecular weight is 331 g/mol. The van der Waals surface area contributed by atoms with Crippen LogP contribution < -0.4 is 16.8 Å². The molecule has 0 heterocycles. The molecule has 2 rings (SSSR count). The Hall–Kier alpha value is -1.62. The van der Waals surface area contributed by atoms with Gasteiger partial charge in [-0.25, -0.2) is 0 Å². The van der Waals surface area contributed by atoms with Crippen molar-refractivity contribution in [3.8, 4) is 0 Å². The van der Waals surface area contributed by atoms with Crippen molar-refractivity contribution in [2.24, 2.45) is 5.73 Å². The van der Waals surface area contributed by atoms with Crippen molar-refractivity contribution in [3.05, 3.63) is 51.0 Å². The van der Waals surface area contributed by atoms with Gasteiger partial charge in [0.2, 0.25) is 0 Å². The fraction of sp³-hybridized carbons (Fsp3) is 0. The highest BCUT2D eigenvalue weighted by molar-refractivity contribution is 6.44. The second-order valence-electron chi connectivity index (χ2n) is 4.04. The molecule has 104 valence electrons. The molecule has 0 radical (unpaired) electrons. The van der Waals surface area contributed by atoms with Gasteiger partial charge in [0.25, 0.3) is 5.91 Å². The Labute approximate surface area is 130 Å². The van der Waals surface area contributed by atoms with Crippen LogP contribution in [0.5, 0.6) is 0 Å². The number of nitrogens with two attached hydrogens (primary N) is 2. The number of anilines is 3. The fourth-order valence-corrected chi connectivity index (χ4v) is 2.23. The molecule has 0 bridgehead atoms. The molecule has 4 nitrogen and oxygen atoms in total. The van der Waals surface area contributed by atoms with E-state index in [0.29, 0.717) is 32.1 Å². The Bertz CT molecular complexity index is 689. The van der Waals surface area contributed by atoms with Gasteiger partial charge in [-0.3, -0.25) is 4.79 Å². The molecule has 0 aliphatic carbocycles. The van der Waals surface area contributed by atoms with Gasteiger partial charge in [-0.05, 0) is 30.3 Å². The Balaban J connectivity index is 2.45. The van der Waals surface area contributed by atoms with Crippen LogP contribution >= 0.6 is 34.8 Å².